The van der Waals surface area contributed by atoms with Crippen LogP contribution in [-0.4, -0.2) is 28.7 Å². The van der Waals surface area contributed by atoms with E-state index in [-0.39, 0.29) is 10.6 Å². The molecular formula is C20H27ClN2O3S. The summed E-state index contributed by atoms with van der Waals surface area (Å²) in [6.45, 7) is 12.9. The molecular weight excluding hydrogens is 384 g/mol. The van der Waals surface area contributed by atoms with Gasteiger partial charge in [0.05, 0.1) is 29.8 Å². The van der Waals surface area contributed by atoms with Gasteiger partial charge in [0, 0.05) is 5.75 Å². The Labute approximate surface area is 170 Å². The molecule has 148 valence electrons. The highest BCUT2D eigenvalue weighted by atomic mass is 35.5. The minimum absolute atomic E-state index is 0.207. The number of thioether (sulfide) groups is 1. The second-order valence-electron chi connectivity index (χ2n) is 7.23. The molecule has 0 N–H and O–H groups in total. The molecule has 7 heteroatoms. The Balaban J connectivity index is 2.00. The maximum Gasteiger partial charge on any atom is 0.287 e. The van der Waals surface area contributed by atoms with Crippen molar-refractivity contribution >= 4 is 23.4 Å². The molecule has 2 rings (SSSR count). The predicted octanol–water partition coefficient (Wildman–Crippen LogP) is 4.84. The summed E-state index contributed by atoms with van der Waals surface area (Å²) in [6, 6.07) is 3.96. The number of rotatable bonds is 7. The first kappa shape index (κ1) is 21.6. The van der Waals surface area contributed by atoms with Gasteiger partial charge in [0.1, 0.15) is 16.5 Å². The fraction of sp³-hybridized carbons (Fsp3) is 0.500. The lowest BCUT2D eigenvalue weighted by atomic mass is 10.1. The van der Waals surface area contributed by atoms with Gasteiger partial charge in [-0.2, -0.15) is 5.10 Å². The van der Waals surface area contributed by atoms with E-state index < -0.39 is 5.54 Å². The number of ether oxygens (including phenoxy) is 2. The smallest absolute Gasteiger partial charge is 0.287 e. The van der Waals surface area contributed by atoms with E-state index in [1.54, 1.807) is 6.20 Å². The number of hydrogen-bond donors (Lipinski definition) is 0. The van der Waals surface area contributed by atoms with Gasteiger partial charge in [0.15, 0.2) is 0 Å². The normalized spacial score (nSPS) is 11.5. The Morgan fingerprint density at radius 2 is 1.81 bits per heavy atom. The minimum atomic E-state index is -0.407. The molecule has 0 spiro atoms. The Kier molecular flexibility index (Phi) is 7.23. The second-order valence-corrected chi connectivity index (χ2v) is 8.74. The van der Waals surface area contributed by atoms with Crippen molar-refractivity contribution in [2.45, 2.75) is 52.0 Å². The third-order valence-corrected chi connectivity index (χ3v) is 5.32. The summed E-state index contributed by atoms with van der Waals surface area (Å²) in [5, 5.41) is 4.45. The van der Waals surface area contributed by atoms with Gasteiger partial charge in [-0.1, -0.05) is 11.6 Å². The molecule has 0 aliphatic rings. The molecule has 5 nitrogen and oxygen atoms in total. The third-order valence-electron chi connectivity index (χ3n) is 3.85. The van der Waals surface area contributed by atoms with Gasteiger partial charge in [0.2, 0.25) is 0 Å². The summed E-state index contributed by atoms with van der Waals surface area (Å²) < 4.78 is 12.9. The highest BCUT2D eigenvalue weighted by molar-refractivity contribution is 7.99. The second kappa shape index (κ2) is 9.02. The lowest BCUT2D eigenvalue weighted by Gasteiger charge is -2.21. The van der Waals surface area contributed by atoms with Gasteiger partial charge >= 0.3 is 0 Å². The van der Waals surface area contributed by atoms with Gasteiger partial charge in [-0.25, -0.2) is 4.68 Å². The molecule has 0 fully saturated rings. The fourth-order valence-corrected chi connectivity index (χ4v) is 3.69. The lowest BCUT2D eigenvalue weighted by molar-refractivity contribution is 0.328. The molecule has 0 amide bonds. The Hall–Kier alpha value is -1.66. The summed E-state index contributed by atoms with van der Waals surface area (Å²) in [5.74, 6) is 2.38. The molecule has 1 heterocycles. The molecule has 0 radical (unpaired) electrons. The first-order valence-electron chi connectivity index (χ1n) is 8.93. The molecule has 0 aliphatic carbocycles. The van der Waals surface area contributed by atoms with Crippen LogP contribution < -0.4 is 15.0 Å². The molecule has 1 aromatic heterocycles. The summed E-state index contributed by atoms with van der Waals surface area (Å²) >= 11 is 7.71. The number of aromatic nitrogens is 2. The van der Waals surface area contributed by atoms with E-state index in [9.17, 15) is 4.79 Å². The minimum Gasteiger partial charge on any atom is -0.494 e. The van der Waals surface area contributed by atoms with E-state index in [1.807, 2.05) is 53.7 Å². The lowest BCUT2D eigenvalue weighted by Crippen LogP contribution is -2.36. The van der Waals surface area contributed by atoms with Crippen LogP contribution >= 0.6 is 23.4 Å². The monoisotopic (exact) mass is 410 g/mol. The average Bonchev–Trinajstić information content (AvgIpc) is 2.56. The molecule has 27 heavy (non-hydrogen) atoms. The number of nitrogens with zero attached hydrogens (tertiary/aromatic N) is 2. The average molecular weight is 411 g/mol. The SMILES string of the molecule is CCOc1cc(C)c(OCCSc2cnn(C(C)(C)C)c(=O)c2Cl)c(C)c1. The fourth-order valence-electron chi connectivity index (χ4n) is 2.68. The van der Waals surface area contributed by atoms with Gasteiger partial charge in [-0.3, -0.25) is 4.79 Å². The zero-order chi connectivity index (χ0) is 20.2. The van der Waals surface area contributed by atoms with E-state index in [2.05, 4.69) is 5.10 Å². The molecule has 0 bridgehead atoms. The van der Waals surface area contributed by atoms with E-state index >= 15 is 0 Å². The molecule has 1 aromatic carbocycles. The van der Waals surface area contributed by atoms with E-state index in [4.69, 9.17) is 21.1 Å². The van der Waals surface area contributed by atoms with Gasteiger partial charge in [-0.15, -0.1) is 11.8 Å². The summed E-state index contributed by atoms with van der Waals surface area (Å²) in [6.07, 6.45) is 1.65. The van der Waals surface area contributed by atoms with Gasteiger partial charge in [-0.05, 0) is 64.8 Å². The highest BCUT2D eigenvalue weighted by Gasteiger charge is 2.19. The number of benzene rings is 1. The predicted molar refractivity (Wildman–Crippen MR) is 112 cm³/mol. The van der Waals surface area contributed by atoms with Crippen LogP contribution in [0.3, 0.4) is 0 Å². The topological polar surface area (TPSA) is 53.4 Å². The van der Waals surface area contributed by atoms with Crippen LogP contribution in [0.1, 0.15) is 38.8 Å². The first-order valence-corrected chi connectivity index (χ1v) is 10.3. The van der Waals surface area contributed by atoms with Crippen LogP contribution in [0.15, 0.2) is 28.0 Å². The maximum atomic E-state index is 12.4. The van der Waals surface area contributed by atoms with Crippen molar-refractivity contribution in [3.63, 3.8) is 0 Å². The van der Waals surface area contributed by atoms with Crippen molar-refractivity contribution < 1.29 is 9.47 Å². The number of halogens is 1. The van der Waals surface area contributed by atoms with Crippen molar-refractivity contribution in [1.29, 1.82) is 0 Å². The third kappa shape index (κ3) is 5.42. The molecule has 0 aliphatic heterocycles. The Morgan fingerprint density at radius 1 is 1.19 bits per heavy atom. The summed E-state index contributed by atoms with van der Waals surface area (Å²) in [4.78, 5) is 13.0. The molecule has 0 saturated carbocycles. The van der Waals surface area contributed by atoms with Crippen LogP contribution in [0.25, 0.3) is 0 Å². The number of aryl methyl sites for hydroxylation is 2. The van der Waals surface area contributed by atoms with Crippen molar-refractivity contribution in [2.24, 2.45) is 0 Å². The molecule has 2 aromatic rings. The summed E-state index contributed by atoms with van der Waals surface area (Å²) in [7, 11) is 0. The molecule has 0 atom stereocenters. The van der Waals surface area contributed by atoms with Crippen LogP contribution in [0.4, 0.5) is 0 Å². The highest BCUT2D eigenvalue weighted by Crippen LogP contribution is 2.29. The quantitative estimate of drug-likeness (QED) is 0.483. The van der Waals surface area contributed by atoms with Crippen molar-refractivity contribution in [1.82, 2.24) is 9.78 Å². The van der Waals surface area contributed by atoms with E-state index in [1.165, 1.54) is 16.4 Å². The van der Waals surface area contributed by atoms with Crippen LogP contribution in [0, 0.1) is 13.8 Å². The molecule has 0 unspecified atom stereocenters. The zero-order valence-electron chi connectivity index (χ0n) is 16.8. The van der Waals surface area contributed by atoms with Crippen molar-refractivity contribution in [2.75, 3.05) is 19.0 Å². The summed E-state index contributed by atoms with van der Waals surface area (Å²) in [5.41, 5.74) is 1.40. The van der Waals surface area contributed by atoms with E-state index in [0.717, 1.165) is 22.6 Å². The number of hydrogen-bond acceptors (Lipinski definition) is 5. The van der Waals surface area contributed by atoms with Gasteiger partial charge in [0.25, 0.3) is 5.56 Å². The first-order chi connectivity index (χ1) is 12.6. The largest absolute Gasteiger partial charge is 0.494 e. The van der Waals surface area contributed by atoms with Gasteiger partial charge < -0.3 is 9.47 Å². The maximum absolute atomic E-state index is 12.4. The Morgan fingerprint density at radius 3 is 2.37 bits per heavy atom. The zero-order valence-corrected chi connectivity index (χ0v) is 18.3. The van der Waals surface area contributed by atoms with Crippen molar-refractivity contribution in [3.05, 3.63) is 44.8 Å². The van der Waals surface area contributed by atoms with Crippen LogP contribution in [0.2, 0.25) is 5.02 Å². The van der Waals surface area contributed by atoms with Crippen LogP contribution in [0.5, 0.6) is 11.5 Å². The van der Waals surface area contributed by atoms with Crippen LogP contribution in [-0.2, 0) is 5.54 Å². The molecule has 0 saturated heterocycles. The standard InChI is InChI=1S/C20H27ClN2O3S/c1-7-25-15-10-13(2)18(14(3)11-15)26-8-9-27-16-12-22-23(20(4,5)6)19(24)17(16)21/h10-12H,7-9H2,1-6H3. The Bertz CT molecular complexity index is 836. The van der Waals surface area contributed by atoms with E-state index in [0.29, 0.717) is 23.9 Å². The van der Waals surface area contributed by atoms with Crippen molar-refractivity contribution in [3.8, 4) is 11.5 Å².